The van der Waals surface area contributed by atoms with Crippen LogP contribution in [0.15, 0.2) is 58.3 Å². The summed E-state index contributed by atoms with van der Waals surface area (Å²) in [4.78, 5) is 8.54. The Bertz CT molecular complexity index is 1110. The lowest BCUT2D eigenvalue weighted by Crippen LogP contribution is -2.03. The van der Waals surface area contributed by atoms with E-state index in [0.717, 1.165) is 0 Å². The predicted octanol–water partition coefficient (Wildman–Crippen LogP) is 3.05. The van der Waals surface area contributed by atoms with Crippen LogP contribution in [0, 0.1) is 5.82 Å². The van der Waals surface area contributed by atoms with Crippen LogP contribution in [0.1, 0.15) is 5.56 Å². The second-order valence-electron chi connectivity index (χ2n) is 5.43. The summed E-state index contributed by atoms with van der Waals surface area (Å²) in [7, 11) is 0. The number of rotatable bonds is 5. The number of hydrogen-bond acceptors (Lipinski definition) is 9. The van der Waals surface area contributed by atoms with E-state index in [-0.39, 0.29) is 28.7 Å². The van der Waals surface area contributed by atoms with Crippen molar-refractivity contribution in [1.29, 1.82) is 0 Å². The Balaban J connectivity index is 1.62. The molecular formula is C17H12FN7O2. The molecule has 2 aromatic carbocycles. The highest BCUT2D eigenvalue weighted by Crippen LogP contribution is 2.24. The van der Waals surface area contributed by atoms with Gasteiger partial charge in [0.05, 0.1) is 6.21 Å². The van der Waals surface area contributed by atoms with Crippen LogP contribution in [-0.2, 0) is 0 Å². The van der Waals surface area contributed by atoms with E-state index in [4.69, 9.17) is 0 Å². The van der Waals surface area contributed by atoms with Gasteiger partial charge in [-0.15, -0.1) is 0 Å². The fourth-order valence-corrected chi connectivity index (χ4v) is 2.25. The van der Waals surface area contributed by atoms with Crippen LogP contribution in [0.5, 0.6) is 5.75 Å². The highest BCUT2D eigenvalue weighted by atomic mass is 19.1. The molecule has 0 saturated heterocycles. The number of halogens is 1. The molecule has 0 aliphatic carbocycles. The Kier molecular flexibility index (Phi) is 4.27. The molecule has 0 aliphatic rings. The van der Waals surface area contributed by atoms with E-state index in [2.05, 4.69) is 40.8 Å². The molecule has 0 amide bonds. The first kappa shape index (κ1) is 16.4. The van der Waals surface area contributed by atoms with Crippen LogP contribution in [0.3, 0.4) is 0 Å². The number of hydrazone groups is 1. The van der Waals surface area contributed by atoms with Gasteiger partial charge in [-0.25, -0.2) is 14.0 Å². The first-order valence-corrected chi connectivity index (χ1v) is 7.78. The summed E-state index contributed by atoms with van der Waals surface area (Å²) in [5.41, 5.74) is 4.46. The third-order valence-corrected chi connectivity index (χ3v) is 3.48. The van der Waals surface area contributed by atoms with Crippen LogP contribution < -0.4 is 10.7 Å². The largest absolute Gasteiger partial charge is 0.508 e. The second kappa shape index (κ2) is 7.04. The second-order valence-corrected chi connectivity index (χ2v) is 5.43. The van der Waals surface area contributed by atoms with Crippen molar-refractivity contribution >= 4 is 34.8 Å². The maximum atomic E-state index is 13.1. The van der Waals surface area contributed by atoms with E-state index in [1.165, 1.54) is 18.3 Å². The van der Waals surface area contributed by atoms with Gasteiger partial charge in [-0.05, 0) is 52.3 Å². The van der Waals surface area contributed by atoms with Crippen molar-refractivity contribution in [2.75, 3.05) is 10.7 Å². The van der Waals surface area contributed by atoms with Gasteiger partial charge in [0, 0.05) is 5.69 Å². The molecule has 27 heavy (non-hydrogen) atoms. The summed E-state index contributed by atoms with van der Waals surface area (Å²) in [5, 5.41) is 23.9. The summed E-state index contributed by atoms with van der Waals surface area (Å²) in [6, 6.07) is 12.3. The molecule has 2 heterocycles. The Morgan fingerprint density at radius 3 is 2.48 bits per heavy atom. The molecule has 0 unspecified atom stereocenters. The lowest BCUT2D eigenvalue weighted by molar-refractivity contribution is 0.314. The lowest BCUT2D eigenvalue weighted by atomic mass is 10.2. The molecule has 134 valence electrons. The van der Waals surface area contributed by atoms with Crippen LogP contribution in [0.4, 0.5) is 21.7 Å². The maximum Gasteiger partial charge on any atom is 0.245 e. The zero-order valence-electron chi connectivity index (χ0n) is 13.7. The molecule has 0 aliphatic heterocycles. The minimum Gasteiger partial charge on any atom is -0.508 e. The summed E-state index contributed by atoms with van der Waals surface area (Å²) in [5.74, 6) is 0.348. The molecule has 0 fully saturated rings. The highest BCUT2D eigenvalue weighted by molar-refractivity contribution is 5.82. The van der Waals surface area contributed by atoms with E-state index in [0.29, 0.717) is 17.1 Å². The van der Waals surface area contributed by atoms with Crippen molar-refractivity contribution < 1.29 is 14.1 Å². The monoisotopic (exact) mass is 365 g/mol. The van der Waals surface area contributed by atoms with Crippen molar-refractivity contribution in [2.45, 2.75) is 0 Å². The molecular weight excluding hydrogens is 353 g/mol. The molecule has 2 aromatic heterocycles. The van der Waals surface area contributed by atoms with Gasteiger partial charge < -0.3 is 10.4 Å². The van der Waals surface area contributed by atoms with Gasteiger partial charge in [0.15, 0.2) is 11.6 Å². The third kappa shape index (κ3) is 3.79. The van der Waals surface area contributed by atoms with E-state index < -0.39 is 0 Å². The van der Waals surface area contributed by atoms with Gasteiger partial charge in [-0.2, -0.15) is 10.1 Å². The Labute approximate surface area is 151 Å². The van der Waals surface area contributed by atoms with Crippen molar-refractivity contribution in [2.24, 2.45) is 5.10 Å². The van der Waals surface area contributed by atoms with E-state index in [1.54, 1.807) is 36.4 Å². The first-order chi connectivity index (χ1) is 13.2. The van der Waals surface area contributed by atoms with Crippen molar-refractivity contribution in [3.63, 3.8) is 0 Å². The zero-order valence-corrected chi connectivity index (χ0v) is 13.7. The van der Waals surface area contributed by atoms with Crippen molar-refractivity contribution in [1.82, 2.24) is 20.3 Å². The first-order valence-electron chi connectivity index (χ1n) is 7.78. The molecule has 10 heteroatoms. The van der Waals surface area contributed by atoms with Crippen LogP contribution in [0.2, 0.25) is 0 Å². The molecule has 0 saturated carbocycles. The number of nitrogens with zero attached hydrogens (tertiary/aromatic N) is 5. The minimum absolute atomic E-state index is 0.132. The number of fused-ring (bicyclic) bond motifs is 1. The Morgan fingerprint density at radius 1 is 1.00 bits per heavy atom. The standard InChI is InChI=1S/C17H12FN7O2/c18-11-4-6-12(7-5-11)20-14-15(22-17-16(21-14)24-27-25-17)23-19-9-10-2-1-3-13(26)8-10/h1-9,26H,(H,20,21,24)(H,22,23,25). The summed E-state index contributed by atoms with van der Waals surface area (Å²) in [6.07, 6.45) is 1.51. The van der Waals surface area contributed by atoms with Crippen LogP contribution >= 0.6 is 0 Å². The fraction of sp³-hybridized carbons (Fsp3) is 0. The van der Waals surface area contributed by atoms with Gasteiger partial charge in [0.25, 0.3) is 0 Å². The Hall–Kier alpha value is -4.08. The molecule has 0 bridgehead atoms. The molecule has 0 spiro atoms. The average Bonchev–Trinajstić information content (AvgIpc) is 3.11. The molecule has 9 nitrogen and oxygen atoms in total. The summed E-state index contributed by atoms with van der Waals surface area (Å²) in [6.45, 7) is 0. The zero-order chi connectivity index (χ0) is 18.6. The van der Waals surface area contributed by atoms with Gasteiger partial charge >= 0.3 is 0 Å². The molecule has 4 aromatic rings. The van der Waals surface area contributed by atoms with Gasteiger partial charge in [0.2, 0.25) is 11.3 Å². The molecule has 0 radical (unpaired) electrons. The van der Waals surface area contributed by atoms with Gasteiger partial charge in [-0.3, -0.25) is 5.43 Å². The normalized spacial score (nSPS) is 11.1. The van der Waals surface area contributed by atoms with E-state index in [1.807, 2.05) is 0 Å². The van der Waals surface area contributed by atoms with Gasteiger partial charge in [0.1, 0.15) is 11.6 Å². The SMILES string of the molecule is Oc1cccc(C=NNc2nc3nonc3nc2Nc2ccc(F)cc2)c1. The fourth-order valence-electron chi connectivity index (χ4n) is 2.25. The number of hydrogen-bond donors (Lipinski definition) is 3. The van der Waals surface area contributed by atoms with Crippen LogP contribution in [0.25, 0.3) is 11.3 Å². The summed E-state index contributed by atoms with van der Waals surface area (Å²) >= 11 is 0. The van der Waals surface area contributed by atoms with Crippen LogP contribution in [-0.4, -0.2) is 31.6 Å². The molecule has 3 N–H and O–H groups in total. The van der Waals surface area contributed by atoms with E-state index >= 15 is 0 Å². The van der Waals surface area contributed by atoms with Gasteiger partial charge in [-0.1, -0.05) is 12.1 Å². The molecule has 4 rings (SSSR count). The quantitative estimate of drug-likeness (QED) is 0.364. The number of anilines is 3. The highest BCUT2D eigenvalue weighted by Gasteiger charge is 2.12. The number of nitrogens with one attached hydrogen (secondary N) is 2. The number of phenols is 1. The number of benzene rings is 2. The number of aromatic hydroxyl groups is 1. The van der Waals surface area contributed by atoms with Crippen molar-refractivity contribution in [3.05, 3.63) is 59.9 Å². The van der Waals surface area contributed by atoms with Crippen molar-refractivity contribution in [3.8, 4) is 5.75 Å². The van der Waals surface area contributed by atoms with E-state index in [9.17, 15) is 9.50 Å². The smallest absolute Gasteiger partial charge is 0.245 e. The number of aromatic nitrogens is 4. The molecule has 0 atom stereocenters. The summed E-state index contributed by atoms with van der Waals surface area (Å²) < 4.78 is 17.7. The predicted molar refractivity (Wildman–Crippen MR) is 96.4 cm³/mol. The third-order valence-electron chi connectivity index (χ3n) is 3.48. The maximum absolute atomic E-state index is 13.1. The number of phenolic OH excluding ortho intramolecular Hbond substituents is 1. The Morgan fingerprint density at radius 2 is 1.74 bits per heavy atom. The average molecular weight is 365 g/mol. The lowest BCUT2D eigenvalue weighted by Gasteiger charge is -2.09. The minimum atomic E-state index is -0.350. The topological polar surface area (TPSA) is 121 Å².